The Bertz CT molecular complexity index is 977. The number of halogens is 1. The van der Waals surface area contributed by atoms with Crippen LogP contribution < -0.4 is 10.6 Å². The molecule has 0 bridgehead atoms. The van der Waals surface area contributed by atoms with Gasteiger partial charge in [0.2, 0.25) is 5.82 Å². The summed E-state index contributed by atoms with van der Waals surface area (Å²) in [5, 5.41) is 5.65. The van der Waals surface area contributed by atoms with Gasteiger partial charge in [-0.25, -0.2) is 9.37 Å². The minimum atomic E-state index is -0.386. The fraction of sp³-hybridized carbons (Fsp3) is 0.211. The highest BCUT2D eigenvalue weighted by molar-refractivity contribution is 6.02. The molecule has 0 spiro atoms. The van der Waals surface area contributed by atoms with Crippen LogP contribution >= 0.6 is 0 Å². The van der Waals surface area contributed by atoms with Gasteiger partial charge >= 0.3 is 0 Å². The number of pyridine rings is 1. The van der Waals surface area contributed by atoms with Crippen molar-refractivity contribution in [2.45, 2.75) is 25.4 Å². The summed E-state index contributed by atoms with van der Waals surface area (Å²) >= 11 is 0. The van der Waals surface area contributed by atoms with Crippen LogP contribution in [0.3, 0.4) is 0 Å². The molecule has 132 valence electrons. The molecule has 1 fully saturated rings. The van der Waals surface area contributed by atoms with Gasteiger partial charge < -0.3 is 10.6 Å². The first-order valence-corrected chi connectivity index (χ1v) is 8.42. The van der Waals surface area contributed by atoms with Crippen molar-refractivity contribution in [2.75, 3.05) is 0 Å². The van der Waals surface area contributed by atoms with Gasteiger partial charge in [-0.3, -0.25) is 14.0 Å². The zero-order valence-electron chi connectivity index (χ0n) is 13.9. The van der Waals surface area contributed by atoms with Gasteiger partial charge in [-0.15, -0.1) is 0 Å². The zero-order valence-corrected chi connectivity index (χ0v) is 13.9. The molecule has 2 amide bonds. The quantitative estimate of drug-likeness (QED) is 0.740. The number of carbonyl (C=O) groups is 2. The summed E-state index contributed by atoms with van der Waals surface area (Å²) in [4.78, 5) is 29.2. The first-order valence-electron chi connectivity index (χ1n) is 8.42. The molecule has 2 heterocycles. The molecule has 6 nitrogen and oxygen atoms in total. The lowest BCUT2D eigenvalue weighted by Gasteiger charge is -2.04. The molecular formula is C19H17FN4O2. The molecule has 3 aromatic rings. The van der Waals surface area contributed by atoms with Crippen molar-refractivity contribution in [3.63, 3.8) is 0 Å². The Balaban J connectivity index is 1.57. The van der Waals surface area contributed by atoms with Crippen molar-refractivity contribution in [1.29, 1.82) is 0 Å². The molecule has 1 saturated carbocycles. The second kappa shape index (κ2) is 6.59. The third kappa shape index (κ3) is 3.28. The molecular weight excluding hydrogens is 335 g/mol. The minimum Gasteiger partial charge on any atom is -0.347 e. The van der Waals surface area contributed by atoms with Crippen molar-refractivity contribution in [2.24, 2.45) is 0 Å². The van der Waals surface area contributed by atoms with E-state index in [1.807, 2.05) is 0 Å². The number of nitrogens with one attached hydrogen (secondary N) is 2. The third-order valence-electron chi connectivity index (χ3n) is 4.25. The van der Waals surface area contributed by atoms with Crippen LogP contribution in [0.1, 0.15) is 39.5 Å². The van der Waals surface area contributed by atoms with Gasteiger partial charge in [0.15, 0.2) is 5.69 Å². The Labute approximate surface area is 149 Å². The van der Waals surface area contributed by atoms with E-state index in [1.54, 1.807) is 40.9 Å². The maximum Gasteiger partial charge on any atom is 0.287 e. The van der Waals surface area contributed by atoms with Crippen molar-refractivity contribution in [3.05, 3.63) is 71.6 Å². The van der Waals surface area contributed by atoms with Crippen molar-refractivity contribution < 1.29 is 14.0 Å². The van der Waals surface area contributed by atoms with E-state index in [0.29, 0.717) is 5.52 Å². The van der Waals surface area contributed by atoms with E-state index in [2.05, 4.69) is 15.6 Å². The summed E-state index contributed by atoms with van der Waals surface area (Å²) in [6.45, 7) is 0.245. The van der Waals surface area contributed by atoms with Crippen LogP contribution in [0.15, 0.2) is 48.7 Å². The maximum atomic E-state index is 13.0. The molecule has 0 radical (unpaired) electrons. The standard InChI is InChI=1S/C19H17FN4O2/c20-13-6-4-12(5-7-13)11-21-18(25)16-15-3-1-2-10-24(15)17(23-16)19(26)22-14-8-9-14/h1-7,10,14H,8-9,11H2,(H,21,25)(H,22,26). The summed E-state index contributed by atoms with van der Waals surface area (Å²) in [7, 11) is 0. The second-order valence-corrected chi connectivity index (χ2v) is 6.30. The lowest BCUT2D eigenvalue weighted by Crippen LogP contribution is -2.27. The lowest BCUT2D eigenvalue weighted by molar-refractivity contribution is 0.0940. The molecule has 2 aromatic heterocycles. The van der Waals surface area contributed by atoms with E-state index in [4.69, 9.17) is 0 Å². The van der Waals surface area contributed by atoms with Crippen molar-refractivity contribution >= 4 is 17.3 Å². The van der Waals surface area contributed by atoms with Crippen LogP contribution in [-0.2, 0) is 6.54 Å². The molecule has 0 aliphatic heterocycles. The number of amides is 2. The van der Waals surface area contributed by atoms with Gasteiger partial charge in [0.05, 0.1) is 5.52 Å². The van der Waals surface area contributed by atoms with Gasteiger partial charge in [-0.05, 0) is 42.7 Å². The average molecular weight is 352 g/mol. The number of carbonyl (C=O) groups excluding carboxylic acids is 2. The topological polar surface area (TPSA) is 75.5 Å². The Kier molecular flexibility index (Phi) is 4.12. The first-order chi connectivity index (χ1) is 12.6. The lowest BCUT2D eigenvalue weighted by atomic mass is 10.2. The van der Waals surface area contributed by atoms with Crippen LogP contribution in [0, 0.1) is 5.82 Å². The van der Waals surface area contributed by atoms with Crippen LogP contribution in [-0.4, -0.2) is 27.2 Å². The highest BCUT2D eigenvalue weighted by atomic mass is 19.1. The fourth-order valence-electron chi connectivity index (χ4n) is 2.71. The van der Waals surface area contributed by atoms with Gasteiger partial charge in [-0.1, -0.05) is 18.2 Å². The molecule has 0 saturated heterocycles. The monoisotopic (exact) mass is 352 g/mol. The first kappa shape index (κ1) is 16.3. The normalized spacial score (nSPS) is 13.6. The maximum absolute atomic E-state index is 13.0. The number of nitrogens with zero attached hydrogens (tertiary/aromatic N) is 2. The molecule has 1 aliphatic carbocycles. The Morgan fingerprint density at radius 3 is 2.62 bits per heavy atom. The summed E-state index contributed by atoms with van der Waals surface area (Å²) in [6, 6.07) is 11.4. The number of fused-ring (bicyclic) bond motifs is 1. The molecule has 2 N–H and O–H groups in total. The molecule has 7 heteroatoms. The summed E-state index contributed by atoms with van der Waals surface area (Å²) in [5.41, 5.74) is 1.52. The largest absolute Gasteiger partial charge is 0.347 e. The predicted molar refractivity (Wildman–Crippen MR) is 93.3 cm³/mol. The van der Waals surface area contributed by atoms with E-state index in [1.165, 1.54) is 12.1 Å². The molecule has 0 unspecified atom stereocenters. The minimum absolute atomic E-state index is 0.189. The Morgan fingerprint density at radius 2 is 1.88 bits per heavy atom. The molecule has 1 aliphatic rings. The van der Waals surface area contributed by atoms with Crippen LogP contribution in [0.25, 0.3) is 5.52 Å². The molecule has 0 atom stereocenters. The summed E-state index contributed by atoms with van der Waals surface area (Å²) in [5.74, 6) is -0.805. The van der Waals surface area contributed by atoms with E-state index in [-0.39, 0.29) is 41.7 Å². The van der Waals surface area contributed by atoms with Gasteiger partial charge in [0.25, 0.3) is 11.8 Å². The highest BCUT2D eigenvalue weighted by Gasteiger charge is 2.27. The van der Waals surface area contributed by atoms with Crippen molar-refractivity contribution in [3.8, 4) is 0 Å². The van der Waals surface area contributed by atoms with Gasteiger partial charge in [-0.2, -0.15) is 0 Å². The summed E-state index contributed by atoms with van der Waals surface area (Å²) in [6.07, 6.45) is 3.65. The summed E-state index contributed by atoms with van der Waals surface area (Å²) < 4.78 is 14.6. The molecule has 1 aromatic carbocycles. The predicted octanol–water partition coefficient (Wildman–Crippen LogP) is 2.30. The Hall–Kier alpha value is -3.22. The van der Waals surface area contributed by atoms with E-state index >= 15 is 0 Å². The van der Waals surface area contributed by atoms with Crippen LogP contribution in [0.2, 0.25) is 0 Å². The van der Waals surface area contributed by atoms with Gasteiger partial charge in [0.1, 0.15) is 5.82 Å². The molecule has 26 heavy (non-hydrogen) atoms. The van der Waals surface area contributed by atoms with Gasteiger partial charge in [0, 0.05) is 18.8 Å². The number of imidazole rings is 1. The van der Waals surface area contributed by atoms with Crippen molar-refractivity contribution in [1.82, 2.24) is 20.0 Å². The van der Waals surface area contributed by atoms with Crippen LogP contribution in [0.4, 0.5) is 4.39 Å². The Morgan fingerprint density at radius 1 is 1.12 bits per heavy atom. The van der Waals surface area contributed by atoms with E-state index in [0.717, 1.165) is 18.4 Å². The number of hydrogen-bond acceptors (Lipinski definition) is 3. The molecule has 4 rings (SSSR count). The van der Waals surface area contributed by atoms with Crippen LogP contribution in [0.5, 0.6) is 0 Å². The average Bonchev–Trinajstić information content (AvgIpc) is 3.38. The fourth-order valence-corrected chi connectivity index (χ4v) is 2.71. The number of benzene rings is 1. The third-order valence-corrected chi connectivity index (χ3v) is 4.25. The number of aromatic nitrogens is 2. The van der Waals surface area contributed by atoms with E-state index in [9.17, 15) is 14.0 Å². The number of rotatable bonds is 5. The second-order valence-electron chi connectivity index (χ2n) is 6.30. The SMILES string of the molecule is O=C(NCc1ccc(F)cc1)c1nc(C(=O)NC2CC2)n2ccccc12. The number of hydrogen-bond donors (Lipinski definition) is 2. The van der Waals surface area contributed by atoms with E-state index < -0.39 is 0 Å². The zero-order chi connectivity index (χ0) is 18.1. The highest BCUT2D eigenvalue weighted by Crippen LogP contribution is 2.20. The smallest absolute Gasteiger partial charge is 0.287 e.